The molecule has 2 N–H and O–H groups in total. The quantitative estimate of drug-likeness (QED) is 0.752. The van der Waals surface area contributed by atoms with E-state index in [9.17, 15) is 15.0 Å². The van der Waals surface area contributed by atoms with Crippen LogP contribution in [0.3, 0.4) is 0 Å². The van der Waals surface area contributed by atoms with Gasteiger partial charge in [-0.3, -0.25) is 0 Å². The van der Waals surface area contributed by atoms with Crippen molar-refractivity contribution < 1.29 is 24.5 Å². The highest BCUT2D eigenvalue weighted by Gasteiger charge is 2.18. The molecule has 0 aliphatic heterocycles. The molecule has 0 amide bonds. The van der Waals surface area contributed by atoms with Gasteiger partial charge < -0.3 is 19.7 Å². The molecule has 2 heterocycles. The van der Waals surface area contributed by atoms with E-state index in [1.54, 1.807) is 6.07 Å². The number of carbonyl (C=O) groups is 1. The van der Waals surface area contributed by atoms with Gasteiger partial charge in [-0.2, -0.15) is 0 Å². The van der Waals surface area contributed by atoms with Gasteiger partial charge in [-0.05, 0) is 6.07 Å². The molecular formula is C14H12N2O5. The molecule has 0 fully saturated rings. The lowest BCUT2D eigenvalue weighted by atomic mass is 10.2. The fraction of sp³-hybridized carbons (Fsp3) is 0.143. The Balaban J connectivity index is 2.51. The first-order valence-electron chi connectivity index (χ1n) is 6.05. The van der Waals surface area contributed by atoms with Crippen molar-refractivity contribution in [2.45, 2.75) is 0 Å². The number of hydrogen-bond donors (Lipinski definition) is 2. The molecule has 0 spiro atoms. The number of fused-ring (bicyclic) bond motifs is 3. The maximum absolute atomic E-state index is 11.5. The zero-order valence-electron chi connectivity index (χ0n) is 11.3. The van der Waals surface area contributed by atoms with Crippen LogP contribution < -0.4 is 9.47 Å². The van der Waals surface area contributed by atoms with Gasteiger partial charge >= 0.3 is 6.09 Å². The maximum atomic E-state index is 11.5. The Morgan fingerprint density at radius 3 is 2.48 bits per heavy atom. The second-order valence-electron chi connectivity index (χ2n) is 4.40. The first-order valence-corrected chi connectivity index (χ1v) is 6.05. The highest BCUT2D eigenvalue weighted by molar-refractivity contribution is 6.13. The molecule has 0 radical (unpaired) electrons. The van der Waals surface area contributed by atoms with Gasteiger partial charge in [-0.1, -0.05) is 0 Å². The second kappa shape index (κ2) is 4.55. The third kappa shape index (κ3) is 1.82. The Morgan fingerprint density at radius 2 is 1.86 bits per heavy atom. The average molecular weight is 288 g/mol. The molecule has 0 atom stereocenters. The first-order chi connectivity index (χ1) is 10.1. The molecule has 0 bridgehead atoms. The summed E-state index contributed by atoms with van der Waals surface area (Å²) >= 11 is 0. The van der Waals surface area contributed by atoms with Gasteiger partial charge in [0, 0.05) is 29.1 Å². The number of nitrogens with zero attached hydrogens (tertiary/aromatic N) is 2. The van der Waals surface area contributed by atoms with Crippen molar-refractivity contribution in [3.63, 3.8) is 0 Å². The summed E-state index contributed by atoms with van der Waals surface area (Å²) < 4.78 is 11.2. The molecular weight excluding hydrogens is 276 g/mol. The largest absolute Gasteiger partial charge is 0.504 e. The molecule has 3 aromatic rings. The third-order valence-corrected chi connectivity index (χ3v) is 3.33. The van der Waals surface area contributed by atoms with Crippen LogP contribution in [0.15, 0.2) is 24.4 Å². The Bertz CT molecular complexity index is 869. The minimum Gasteiger partial charge on any atom is -0.504 e. The smallest absolute Gasteiger partial charge is 0.416 e. The zero-order valence-corrected chi connectivity index (χ0v) is 11.3. The number of rotatable bonds is 2. The molecule has 1 aromatic carbocycles. The van der Waals surface area contributed by atoms with Gasteiger partial charge in [0.15, 0.2) is 11.5 Å². The monoisotopic (exact) mass is 288 g/mol. The zero-order chi connectivity index (χ0) is 15.1. The van der Waals surface area contributed by atoms with Crippen molar-refractivity contribution in [1.82, 2.24) is 9.55 Å². The van der Waals surface area contributed by atoms with E-state index < -0.39 is 6.09 Å². The third-order valence-electron chi connectivity index (χ3n) is 3.33. The van der Waals surface area contributed by atoms with Gasteiger partial charge in [-0.15, -0.1) is 0 Å². The first kappa shape index (κ1) is 13.0. The van der Waals surface area contributed by atoms with Gasteiger partial charge in [0.1, 0.15) is 0 Å². The number of hydrogen-bond acceptors (Lipinski definition) is 5. The second-order valence-corrected chi connectivity index (χ2v) is 4.40. The van der Waals surface area contributed by atoms with E-state index in [1.165, 1.54) is 32.5 Å². The molecule has 0 saturated heterocycles. The number of aromatic nitrogens is 2. The Kier molecular flexibility index (Phi) is 2.83. The number of methoxy groups -OCH3 is 2. The van der Waals surface area contributed by atoms with Gasteiger partial charge in [-0.25, -0.2) is 14.3 Å². The van der Waals surface area contributed by atoms with E-state index in [2.05, 4.69) is 4.98 Å². The lowest BCUT2D eigenvalue weighted by molar-refractivity contribution is 0.198. The molecule has 108 valence electrons. The predicted octanol–water partition coefficient (Wildman–Crippen LogP) is 2.44. The highest BCUT2D eigenvalue weighted by Crippen LogP contribution is 2.37. The van der Waals surface area contributed by atoms with Crippen molar-refractivity contribution in [2.75, 3.05) is 14.2 Å². The standard InChI is InChI=1S/C14H12N2O5/c1-20-12-3-7-8-6-15-13(21-2)5-10(8)16(14(18)19)9(7)4-11(12)17/h3-6,17H,1-2H3,(H,18,19). The number of phenols is 1. The average Bonchev–Trinajstić information content (AvgIpc) is 2.78. The number of aromatic hydroxyl groups is 1. The summed E-state index contributed by atoms with van der Waals surface area (Å²) in [4.78, 5) is 15.6. The van der Waals surface area contributed by atoms with Crippen LogP contribution in [0.2, 0.25) is 0 Å². The summed E-state index contributed by atoms with van der Waals surface area (Å²) in [5.74, 6) is 0.446. The fourth-order valence-electron chi connectivity index (χ4n) is 2.39. The molecule has 0 unspecified atom stereocenters. The van der Waals surface area contributed by atoms with Crippen LogP contribution in [0.4, 0.5) is 4.79 Å². The Morgan fingerprint density at radius 1 is 1.14 bits per heavy atom. The van der Waals surface area contributed by atoms with Crippen LogP contribution in [0.25, 0.3) is 21.8 Å². The molecule has 0 aliphatic carbocycles. The summed E-state index contributed by atoms with van der Waals surface area (Å²) in [6, 6.07) is 4.47. The summed E-state index contributed by atoms with van der Waals surface area (Å²) in [7, 11) is 2.88. The fourth-order valence-corrected chi connectivity index (χ4v) is 2.39. The molecule has 7 nitrogen and oxygen atoms in total. The van der Waals surface area contributed by atoms with Gasteiger partial charge in [0.2, 0.25) is 5.88 Å². The molecule has 21 heavy (non-hydrogen) atoms. The number of phenolic OH excluding ortho intramolecular Hbond substituents is 1. The van der Waals surface area contributed by atoms with Crippen molar-refractivity contribution in [2.24, 2.45) is 0 Å². The van der Waals surface area contributed by atoms with Crippen LogP contribution in [-0.4, -0.2) is 40.1 Å². The van der Waals surface area contributed by atoms with Crippen LogP contribution >= 0.6 is 0 Å². The van der Waals surface area contributed by atoms with E-state index in [0.29, 0.717) is 27.7 Å². The van der Waals surface area contributed by atoms with Crippen LogP contribution in [0.1, 0.15) is 0 Å². The number of pyridine rings is 1. The van der Waals surface area contributed by atoms with Crippen molar-refractivity contribution in [1.29, 1.82) is 0 Å². The number of carboxylic acid groups (broad SMARTS) is 1. The lowest BCUT2D eigenvalue weighted by Crippen LogP contribution is -2.07. The lowest BCUT2D eigenvalue weighted by Gasteiger charge is -2.04. The molecule has 2 aromatic heterocycles. The Hall–Kier alpha value is -2.96. The summed E-state index contributed by atoms with van der Waals surface area (Å²) in [6.07, 6.45) is 0.375. The molecule has 3 rings (SSSR count). The van der Waals surface area contributed by atoms with Crippen molar-refractivity contribution in [3.8, 4) is 17.4 Å². The maximum Gasteiger partial charge on any atom is 0.416 e. The SMILES string of the molecule is COc1cc2c(cn1)c1cc(OC)c(O)cc1n2C(=O)O. The summed E-state index contributed by atoms with van der Waals surface area (Å²) in [5, 5.41) is 20.6. The van der Waals surface area contributed by atoms with Crippen LogP contribution in [-0.2, 0) is 0 Å². The topological polar surface area (TPSA) is 93.8 Å². The van der Waals surface area contributed by atoms with E-state index in [4.69, 9.17) is 9.47 Å². The molecule has 7 heteroatoms. The van der Waals surface area contributed by atoms with E-state index >= 15 is 0 Å². The van der Waals surface area contributed by atoms with Gasteiger partial charge in [0.25, 0.3) is 0 Å². The number of benzene rings is 1. The van der Waals surface area contributed by atoms with E-state index in [0.717, 1.165) is 4.57 Å². The van der Waals surface area contributed by atoms with Gasteiger partial charge in [0.05, 0.1) is 25.3 Å². The molecule has 0 aliphatic rings. The molecule has 0 saturated carbocycles. The summed E-state index contributed by atoms with van der Waals surface area (Å²) in [6.45, 7) is 0. The summed E-state index contributed by atoms with van der Waals surface area (Å²) in [5.41, 5.74) is 0.780. The normalized spacial score (nSPS) is 11.0. The van der Waals surface area contributed by atoms with E-state index in [1.807, 2.05) is 0 Å². The minimum atomic E-state index is -1.16. The van der Waals surface area contributed by atoms with Crippen LogP contribution in [0, 0.1) is 0 Å². The highest BCUT2D eigenvalue weighted by atomic mass is 16.5. The van der Waals surface area contributed by atoms with Crippen molar-refractivity contribution >= 4 is 27.9 Å². The van der Waals surface area contributed by atoms with Crippen LogP contribution in [0.5, 0.6) is 17.4 Å². The minimum absolute atomic E-state index is 0.129. The Labute approximate surface area is 119 Å². The van der Waals surface area contributed by atoms with Crippen molar-refractivity contribution in [3.05, 3.63) is 24.4 Å². The predicted molar refractivity (Wildman–Crippen MR) is 75.4 cm³/mol. The number of ether oxygens (including phenoxy) is 2. The van der Waals surface area contributed by atoms with E-state index in [-0.39, 0.29) is 11.5 Å².